The summed E-state index contributed by atoms with van der Waals surface area (Å²) in [6, 6.07) is 0. The number of nitrogens with one attached hydrogen (secondary N) is 1. The van der Waals surface area contributed by atoms with Gasteiger partial charge in [-0.2, -0.15) is 0 Å². The first-order valence-corrected chi connectivity index (χ1v) is 6.25. The first-order valence-electron chi connectivity index (χ1n) is 6.25. The van der Waals surface area contributed by atoms with E-state index in [9.17, 15) is 9.90 Å². The van der Waals surface area contributed by atoms with E-state index < -0.39 is 6.10 Å². The summed E-state index contributed by atoms with van der Waals surface area (Å²) in [6.45, 7) is 5.94. The van der Waals surface area contributed by atoms with Gasteiger partial charge in [-0.3, -0.25) is 4.79 Å². The number of aliphatic hydroxyl groups excluding tert-OH is 1. The van der Waals surface area contributed by atoms with Crippen LogP contribution in [0.5, 0.6) is 0 Å². The first kappa shape index (κ1) is 14.4. The highest BCUT2D eigenvalue weighted by atomic mass is 16.6. The zero-order valence-electron chi connectivity index (χ0n) is 10.7. The normalized spacial score (nSPS) is 21.2. The zero-order chi connectivity index (χ0) is 12.7. The Bertz CT molecular complexity index is 226. The van der Waals surface area contributed by atoms with Gasteiger partial charge in [0.25, 0.3) is 5.91 Å². The van der Waals surface area contributed by atoms with E-state index in [1.165, 1.54) is 0 Å². The maximum absolute atomic E-state index is 11.8. The Kier molecular flexibility index (Phi) is 5.88. The molecule has 1 saturated heterocycles. The largest absolute Gasteiger partial charge is 0.396 e. The monoisotopic (exact) mass is 245 g/mol. The molecule has 5 heteroatoms. The van der Waals surface area contributed by atoms with Gasteiger partial charge in [-0.1, -0.05) is 13.8 Å². The second-order valence-corrected chi connectivity index (χ2v) is 4.52. The second-order valence-electron chi connectivity index (χ2n) is 4.52. The van der Waals surface area contributed by atoms with Gasteiger partial charge in [0, 0.05) is 12.0 Å². The Hall–Kier alpha value is -0.650. The van der Waals surface area contributed by atoms with E-state index in [0.29, 0.717) is 26.4 Å². The second kappa shape index (κ2) is 6.93. The predicted molar refractivity (Wildman–Crippen MR) is 63.7 cm³/mol. The SMILES string of the molecule is CCC(CC)(CO)CNC(=O)C1COCCO1. The zero-order valence-corrected chi connectivity index (χ0v) is 10.7. The number of ether oxygens (including phenoxy) is 2. The number of rotatable bonds is 6. The fraction of sp³-hybridized carbons (Fsp3) is 0.917. The Labute approximate surface area is 102 Å². The summed E-state index contributed by atoms with van der Waals surface area (Å²) in [4.78, 5) is 11.8. The predicted octanol–water partition coefficient (Wildman–Crippen LogP) is 0.317. The highest BCUT2D eigenvalue weighted by Crippen LogP contribution is 2.24. The van der Waals surface area contributed by atoms with Crippen molar-refractivity contribution in [3.8, 4) is 0 Å². The van der Waals surface area contributed by atoms with Gasteiger partial charge in [-0.25, -0.2) is 0 Å². The van der Waals surface area contributed by atoms with Crippen molar-refractivity contribution >= 4 is 5.91 Å². The number of hydrogen-bond donors (Lipinski definition) is 2. The summed E-state index contributed by atoms with van der Waals surface area (Å²) in [7, 11) is 0. The number of carbonyl (C=O) groups excluding carboxylic acids is 1. The molecule has 1 rings (SSSR count). The molecule has 0 aromatic heterocycles. The topological polar surface area (TPSA) is 67.8 Å². The summed E-state index contributed by atoms with van der Waals surface area (Å²) >= 11 is 0. The highest BCUT2D eigenvalue weighted by molar-refractivity contribution is 5.81. The van der Waals surface area contributed by atoms with Crippen LogP contribution >= 0.6 is 0 Å². The van der Waals surface area contributed by atoms with Crippen molar-refractivity contribution in [3.63, 3.8) is 0 Å². The molecule has 1 unspecified atom stereocenters. The molecule has 0 radical (unpaired) electrons. The van der Waals surface area contributed by atoms with E-state index in [1.807, 2.05) is 13.8 Å². The average Bonchev–Trinajstić information content (AvgIpc) is 2.41. The van der Waals surface area contributed by atoms with Gasteiger partial charge in [-0.05, 0) is 12.8 Å². The van der Waals surface area contributed by atoms with Crippen LogP contribution in [-0.4, -0.2) is 50.1 Å². The maximum Gasteiger partial charge on any atom is 0.251 e. The van der Waals surface area contributed by atoms with Crippen molar-refractivity contribution in [2.24, 2.45) is 5.41 Å². The first-order chi connectivity index (χ1) is 8.17. The van der Waals surface area contributed by atoms with Gasteiger partial charge in [0.1, 0.15) is 0 Å². The molecule has 1 aliphatic heterocycles. The molecule has 0 aliphatic carbocycles. The minimum Gasteiger partial charge on any atom is -0.396 e. The van der Waals surface area contributed by atoms with E-state index >= 15 is 0 Å². The third kappa shape index (κ3) is 3.94. The highest BCUT2D eigenvalue weighted by Gasteiger charge is 2.28. The molecule has 1 atom stereocenters. The molecular formula is C12H23NO4. The molecule has 1 aliphatic rings. The average molecular weight is 245 g/mol. The van der Waals surface area contributed by atoms with Crippen molar-refractivity contribution in [2.75, 3.05) is 33.0 Å². The lowest BCUT2D eigenvalue weighted by molar-refractivity contribution is -0.148. The van der Waals surface area contributed by atoms with E-state index in [1.54, 1.807) is 0 Å². The summed E-state index contributed by atoms with van der Waals surface area (Å²) < 4.78 is 10.5. The maximum atomic E-state index is 11.8. The van der Waals surface area contributed by atoms with Crippen LogP contribution in [-0.2, 0) is 14.3 Å². The molecule has 1 fully saturated rings. The lowest BCUT2D eigenvalue weighted by Gasteiger charge is -2.30. The Morgan fingerprint density at radius 3 is 2.59 bits per heavy atom. The fourth-order valence-corrected chi connectivity index (χ4v) is 1.81. The third-order valence-corrected chi connectivity index (χ3v) is 3.58. The minimum absolute atomic E-state index is 0.0856. The molecule has 1 heterocycles. The summed E-state index contributed by atoms with van der Waals surface area (Å²) in [5.41, 5.74) is -0.217. The molecule has 0 aromatic rings. The molecule has 0 saturated carbocycles. The van der Waals surface area contributed by atoms with Crippen molar-refractivity contribution in [2.45, 2.75) is 32.8 Å². The molecule has 17 heavy (non-hydrogen) atoms. The van der Waals surface area contributed by atoms with E-state index in [0.717, 1.165) is 12.8 Å². The summed E-state index contributed by atoms with van der Waals surface area (Å²) in [5, 5.41) is 12.2. The summed E-state index contributed by atoms with van der Waals surface area (Å²) in [5.74, 6) is -0.149. The van der Waals surface area contributed by atoms with Crippen molar-refractivity contribution < 1.29 is 19.4 Å². The van der Waals surface area contributed by atoms with E-state index in [-0.39, 0.29) is 17.9 Å². The quantitative estimate of drug-likeness (QED) is 0.707. The van der Waals surface area contributed by atoms with Crippen LogP contribution in [0, 0.1) is 5.41 Å². The Morgan fingerprint density at radius 1 is 1.41 bits per heavy atom. The third-order valence-electron chi connectivity index (χ3n) is 3.58. The fourth-order valence-electron chi connectivity index (χ4n) is 1.81. The van der Waals surface area contributed by atoms with Crippen molar-refractivity contribution in [1.29, 1.82) is 0 Å². The van der Waals surface area contributed by atoms with E-state index in [4.69, 9.17) is 9.47 Å². The number of aliphatic hydroxyl groups is 1. The Morgan fingerprint density at radius 2 is 2.12 bits per heavy atom. The number of carbonyl (C=O) groups is 1. The lowest BCUT2D eigenvalue weighted by Crippen LogP contribution is -2.47. The Balaban J connectivity index is 2.40. The molecule has 100 valence electrons. The van der Waals surface area contributed by atoms with Gasteiger partial charge in [0.05, 0.1) is 26.4 Å². The van der Waals surface area contributed by atoms with Crippen LogP contribution in [0.1, 0.15) is 26.7 Å². The molecule has 0 bridgehead atoms. The van der Waals surface area contributed by atoms with Gasteiger partial charge in [0.2, 0.25) is 0 Å². The standard InChI is InChI=1S/C12H23NO4/c1-3-12(4-2,9-14)8-13-11(15)10-7-16-5-6-17-10/h10,14H,3-9H2,1-2H3,(H,13,15). The van der Waals surface area contributed by atoms with E-state index in [2.05, 4.69) is 5.32 Å². The van der Waals surface area contributed by atoms with Crippen LogP contribution < -0.4 is 5.32 Å². The number of hydrogen-bond acceptors (Lipinski definition) is 4. The van der Waals surface area contributed by atoms with Gasteiger partial charge in [-0.15, -0.1) is 0 Å². The van der Waals surface area contributed by atoms with Crippen LogP contribution in [0.2, 0.25) is 0 Å². The van der Waals surface area contributed by atoms with Crippen LogP contribution in [0.4, 0.5) is 0 Å². The number of amides is 1. The molecule has 1 amide bonds. The lowest BCUT2D eigenvalue weighted by atomic mass is 9.83. The van der Waals surface area contributed by atoms with Crippen molar-refractivity contribution in [1.82, 2.24) is 5.32 Å². The van der Waals surface area contributed by atoms with Gasteiger partial charge >= 0.3 is 0 Å². The molecule has 5 nitrogen and oxygen atoms in total. The van der Waals surface area contributed by atoms with Gasteiger partial charge < -0.3 is 19.9 Å². The van der Waals surface area contributed by atoms with Crippen LogP contribution in [0.3, 0.4) is 0 Å². The van der Waals surface area contributed by atoms with Crippen LogP contribution in [0.25, 0.3) is 0 Å². The smallest absolute Gasteiger partial charge is 0.251 e. The van der Waals surface area contributed by atoms with Crippen molar-refractivity contribution in [3.05, 3.63) is 0 Å². The summed E-state index contributed by atoms with van der Waals surface area (Å²) in [6.07, 6.45) is 1.17. The molecular weight excluding hydrogens is 222 g/mol. The van der Waals surface area contributed by atoms with Crippen LogP contribution in [0.15, 0.2) is 0 Å². The minimum atomic E-state index is -0.506. The molecule has 2 N–H and O–H groups in total. The molecule has 0 spiro atoms. The van der Waals surface area contributed by atoms with Gasteiger partial charge in [0.15, 0.2) is 6.10 Å². The molecule has 0 aromatic carbocycles.